The van der Waals surface area contributed by atoms with Crippen molar-refractivity contribution >= 4 is 44.6 Å². The van der Waals surface area contributed by atoms with Gasteiger partial charge in [0.15, 0.2) is 0 Å². The summed E-state index contributed by atoms with van der Waals surface area (Å²) in [6.45, 7) is 2.10. The minimum Gasteiger partial charge on any atom is -0.509 e. The van der Waals surface area contributed by atoms with Gasteiger partial charge in [-0.3, -0.25) is 0 Å². The molecule has 5 aromatic carbocycles. The first kappa shape index (κ1) is 26.1. The number of aromatic nitrogens is 2. The third-order valence-corrected chi connectivity index (χ3v) is 7.33. The summed E-state index contributed by atoms with van der Waals surface area (Å²) in [7, 11) is 0. The van der Waals surface area contributed by atoms with Crippen LogP contribution in [0.4, 0.5) is 22.7 Å². The van der Waals surface area contributed by atoms with E-state index >= 15 is 0 Å². The summed E-state index contributed by atoms with van der Waals surface area (Å²) in [4.78, 5) is 8.95. The standard InChI is InChI=1S/C36H23N4O.Pt/c1-2-11-26(12-3-1)38-25-39(34-18-7-6-17-33(34)38)27-13-10-14-28(23-27)41-29-20-21-31-30-15-4-5-16-32(30)40(35(31)24-29)36-19-8-9-22-37-36;/h1-22,25H;/q-3;. The maximum atomic E-state index is 6.37. The monoisotopic (exact) mass is 722 g/mol. The average molecular weight is 723 g/mol. The van der Waals surface area contributed by atoms with Crippen LogP contribution in [0.2, 0.25) is 0 Å². The van der Waals surface area contributed by atoms with E-state index in [-0.39, 0.29) is 21.1 Å². The van der Waals surface area contributed by atoms with Gasteiger partial charge in [-0.25, -0.2) is 4.98 Å². The van der Waals surface area contributed by atoms with Gasteiger partial charge in [0.05, 0.1) is 0 Å². The van der Waals surface area contributed by atoms with Crippen molar-refractivity contribution in [3.8, 4) is 17.3 Å². The molecule has 0 saturated carbocycles. The number of anilines is 4. The first-order chi connectivity index (χ1) is 20.3. The predicted octanol–water partition coefficient (Wildman–Crippen LogP) is 8.98. The van der Waals surface area contributed by atoms with E-state index in [1.54, 1.807) is 0 Å². The molecule has 42 heavy (non-hydrogen) atoms. The second kappa shape index (κ2) is 10.8. The van der Waals surface area contributed by atoms with Crippen LogP contribution in [0.25, 0.3) is 27.6 Å². The molecule has 3 heterocycles. The van der Waals surface area contributed by atoms with E-state index in [9.17, 15) is 0 Å². The molecule has 0 unspecified atom stereocenters. The van der Waals surface area contributed by atoms with Gasteiger partial charge in [0.1, 0.15) is 5.82 Å². The summed E-state index contributed by atoms with van der Waals surface area (Å²) in [5.74, 6) is 2.07. The van der Waals surface area contributed by atoms with Crippen LogP contribution in [-0.4, -0.2) is 9.55 Å². The Morgan fingerprint density at radius 2 is 1.33 bits per heavy atom. The quantitative estimate of drug-likeness (QED) is 0.166. The molecule has 7 aromatic rings. The zero-order chi connectivity index (χ0) is 27.2. The molecule has 0 amide bonds. The zero-order valence-corrected chi connectivity index (χ0v) is 24.6. The molecular formula is C36H23N4OPt-3. The van der Waals surface area contributed by atoms with Crippen molar-refractivity contribution in [3.05, 3.63) is 152 Å². The molecule has 0 aliphatic carbocycles. The number of hydrogen-bond acceptors (Lipinski definition) is 4. The summed E-state index contributed by atoms with van der Waals surface area (Å²) >= 11 is 0. The molecule has 0 radical (unpaired) electrons. The minimum atomic E-state index is 0. The molecule has 1 aliphatic heterocycles. The molecule has 5 nitrogen and oxygen atoms in total. The number of rotatable bonds is 5. The van der Waals surface area contributed by atoms with Gasteiger partial charge in [0.25, 0.3) is 0 Å². The molecule has 0 fully saturated rings. The van der Waals surface area contributed by atoms with E-state index in [1.807, 2.05) is 60.8 Å². The van der Waals surface area contributed by atoms with Crippen LogP contribution in [0, 0.1) is 18.8 Å². The van der Waals surface area contributed by atoms with E-state index in [1.165, 1.54) is 0 Å². The van der Waals surface area contributed by atoms with Crippen molar-refractivity contribution in [2.45, 2.75) is 0 Å². The van der Waals surface area contributed by atoms with E-state index in [0.29, 0.717) is 11.5 Å². The molecule has 6 heteroatoms. The molecule has 0 spiro atoms. The predicted molar refractivity (Wildman–Crippen MR) is 164 cm³/mol. The third kappa shape index (κ3) is 4.43. The molecule has 1 aliphatic rings. The largest absolute Gasteiger partial charge is 0.509 e. The molecule has 0 N–H and O–H groups in total. The fraction of sp³-hybridized carbons (Fsp3) is 0. The Labute approximate surface area is 258 Å². The number of pyridine rings is 1. The third-order valence-electron chi connectivity index (χ3n) is 7.33. The molecule has 206 valence electrons. The molecule has 8 rings (SSSR count). The summed E-state index contributed by atoms with van der Waals surface area (Å²) in [5, 5.41) is 2.25. The number of nitrogens with zero attached hydrogens (tertiary/aromatic N) is 4. The normalized spacial score (nSPS) is 12.4. The maximum Gasteiger partial charge on any atom is 0.135 e. The summed E-state index contributed by atoms with van der Waals surface area (Å²) < 4.78 is 8.50. The van der Waals surface area contributed by atoms with Crippen LogP contribution in [0.15, 0.2) is 134 Å². The zero-order valence-electron chi connectivity index (χ0n) is 22.3. The Bertz CT molecular complexity index is 2020. The van der Waals surface area contributed by atoms with Crippen molar-refractivity contribution in [1.29, 1.82) is 0 Å². The Morgan fingerprint density at radius 3 is 2.17 bits per heavy atom. The topological polar surface area (TPSA) is 33.5 Å². The number of benzene rings is 5. The molecule has 0 bridgehead atoms. The van der Waals surface area contributed by atoms with Gasteiger partial charge in [-0.05, 0) is 47.9 Å². The van der Waals surface area contributed by atoms with Crippen LogP contribution < -0.4 is 14.5 Å². The minimum absolute atomic E-state index is 0. The summed E-state index contributed by atoms with van der Waals surface area (Å²) in [5.41, 5.74) is 6.17. The SMILES string of the molecule is [Pt].[c-]1c(Oc2[c-]c3c(cc2)c2ccccc2n3-c2ccccn2)cccc1N1[CH-]N(c2ccccc2)c2ccccc21. The van der Waals surface area contributed by atoms with Gasteiger partial charge >= 0.3 is 0 Å². The maximum absolute atomic E-state index is 6.37. The van der Waals surface area contributed by atoms with E-state index < -0.39 is 0 Å². The Morgan fingerprint density at radius 1 is 0.595 bits per heavy atom. The summed E-state index contributed by atoms with van der Waals surface area (Å²) in [6, 6.07) is 50.0. The van der Waals surface area contributed by atoms with E-state index in [0.717, 1.165) is 50.4 Å². The number of para-hydroxylation sites is 4. The molecule has 2 aromatic heterocycles. The fourth-order valence-electron chi connectivity index (χ4n) is 5.51. The van der Waals surface area contributed by atoms with Crippen LogP contribution in [0.5, 0.6) is 11.5 Å². The number of hydrogen-bond donors (Lipinski definition) is 0. The molecule has 0 saturated heterocycles. The fourth-order valence-corrected chi connectivity index (χ4v) is 5.51. The van der Waals surface area contributed by atoms with Gasteiger partial charge in [-0.2, -0.15) is 12.1 Å². The second-order valence-corrected chi connectivity index (χ2v) is 9.81. The second-order valence-electron chi connectivity index (χ2n) is 9.81. The van der Waals surface area contributed by atoms with Gasteiger partial charge in [-0.15, -0.1) is 48.1 Å². The van der Waals surface area contributed by atoms with Crippen molar-refractivity contribution < 1.29 is 25.8 Å². The van der Waals surface area contributed by atoms with Crippen molar-refractivity contribution in [3.63, 3.8) is 0 Å². The Balaban J connectivity index is 0.00000288. The van der Waals surface area contributed by atoms with Crippen LogP contribution in [0.1, 0.15) is 0 Å². The first-order valence-electron chi connectivity index (χ1n) is 13.5. The molecule has 0 atom stereocenters. The van der Waals surface area contributed by atoms with Gasteiger partial charge < -0.3 is 19.1 Å². The molecular weight excluding hydrogens is 700 g/mol. The summed E-state index contributed by atoms with van der Waals surface area (Å²) in [6.07, 6.45) is 1.81. The number of ether oxygens (including phenoxy) is 1. The van der Waals surface area contributed by atoms with E-state index in [2.05, 4.69) is 111 Å². The first-order valence-corrected chi connectivity index (χ1v) is 13.5. The van der Waals surface area contributed by atoms with Crippen molar-refractivity contribution in [2.24, 2.45) is 0 Å². The van der Waals surface area contributed by atoms with Crippen molar-refractivity contribution in [1.82, 2.24) is 9.55 Å². The van der Waals surface area contributed by atoms with Gasteiger partial charge in [-0.1, -0.05) is 60.1 Å². The average Bonchev–Trinajstić information content (AvgIpc) is 3.58. The smallest absolute Gasteiger partial charge is 0.135 e. The van der Waals surface area contributed by atoms with Crippen LogP contribution in [0.3, 0.4) is 0 Å². The Hall–Kier alpha value is -4.86. The van der Waals surface area contributed by atoms with Gasteiger partial charge in [0.2, 0.25) is 0 Å². The van der Waals surface area contributed by atoms with Crippen LogP contribution >= 0.6 is 0 Å². The Kier molecular flexibility index (Phi) is 6.73. The van der Waals surface area contributed by atoms with Crippen LogP contribution in [-0.2, 0) is 21.1 Å². The number of fused-ring (bicyclic) bond motifs is 4. The van der Waals surface area contributed by atoms with Crippen molar-refractivity contribution in [2.75, 3.05) is 9.80 Å². The van der Waals surface area contributed by atoms with E-state index in [4.69, 9.17) is 4.74 Å². The van der Waals surface area contributed by atoms with Gasteiger partial charge in [0, 0.05) is 61.3 Å².